The van der Waals surface area contributed by atoms with E-state index >= 15 is 0 Å². The Hall–Kier alpha value is -3.00. The average molecular weight is 410 g/mol. The van der Waals surface area contributed by atoms with Gasteiger partial charge in [0.2, 0.25) is 11.8 Å². The van der Waals surface area contributed by atoms with Crippen LogP contribution in [0.1, 0.15) is 28.2 Å². The highest BCUT2D eigenvalue weighted by atomic mass is 32.1. The topological polar surface area (TPSA) is 81.9 Å². The van der Waals surface area contributed by atoms with E-state index in [-0.39, 0.29) is 5.91 Å². The summed E-state index contributed by atoms with van der Waals surface area (Å²) in [7, 11) is 3.46. The van der Waals surface area contributed by atoms with E-state index in [1.165, 1.54) is 0 Å². The number of nitrogens with zero attached hydrogens (tertiary/aromatic N) is 4. The van der Waals surface area contributed by atoms with Crippen LogP contribution in [0.4, 0.5) is 5.69 Å². The van der Waals surface area contributed by atoms with Gasteiger partial charge in [0.1, 0.15) is 0 Å². The Morgan fingerprint density at radius 2 is 2.03 bits per heavy atom. The van der Waals surface area contributed by atoms with E-state index < -0.39 is 0 Å². The Balaban J connectivity index is 1.53. The van der Waals surface area contributed by atoms with E-state index in [1.54, 1.807) is 23.1 Å². The molecule has 0 bridgehead atoms. The second-order valence-corrected chi connectivity index (χ2v) is 8.33. The Kier molecular flexibility index (Phi) is 4.96. The minimum atomic E-state index is -0.0253. The Morgan fingerprint density at radius 1 is 1.24 bits per heavy atom. The van der Waals surface area contributed by atoms with Gasteiger partial charge in [-0.15, -0.1) is 16.4 Å². The van der Waals surface area contributed by atoms with E-state index in [1.807, 2.05) is 46.0 Å². The maximum atomic E-state index is 12.6. The summed E-state index contributed by atoms with van der Waals surface area (Å²) in [6.07, 6.45) is 0.976. The SMILES string of the molecule is COc1nn(C)c2nc(C)c(CCC(=O)Nc3ccc4nc(C)sc4c3)c(C)c12. The average Bonchev–Trinajstić information content (AvgIpc) is 3.20. The number of fused-ring (bicyclic) bond motifs is 2. The van der Waals surface area contributed by atoms with Gasteiger partial charge in [-0.1, -0.05) is 0 Å². The van der Waals surface area contributed by atoms with Gasteiger partial charge in [-0.3, -0.25) is 4.79 Å². The van der Waals surface area contributed by atoms with Crippen LogP contribution in [-0.4, -0.2) is 32.8 Å². The van der Waals surface area contributed by atoms with Gasteiger partial charge in [-0.05, 0) is 56.5 Å². The number of thiazole rings is 1. The van der Waals surface area contributed by atoms with Crippen LogP contribution in [0, 0.1) is 20.8 Å². The fourth-order valence-corrected chi connectivity index (χ4v) is 4.55. The molecule has 0 aliphatic carbocycles. The number of amides is 1. The lowest BCUT2D eigenvalue weighted by molar-refractivity contribution is -0.116. The summed E-state index contributed by atoms with van der Waals surface area (Å²) in [5.41, 5.74) is 5.58. The van der Waals surface area contributed by atoms with Crippen molar-refractivity contribution in [3.63, 3.8) is 0 Å². The Labute approximate surface area is 172 Å². The first-order valence-corrected chi connectivity index (χ1v) is 10.2. The van der Waals surface area contributed by atoms with E-state index in [2.05, 4.69) is 20.4 Å². The molecule has 4 rings (SSSR count). The van der Waals surface area contributed by atoms with Crippen LogP contribution in [-0.2, 0) is 18.3 Å². The predicted octanol–water partition coefficient (Wildman–Crippen LogP) is 4.08. The molecular formula is C21H23N5O2S. The van der Waals surface area contributed by atoms with Crippen molar-refractivity contribution in [1.82, 2.24) is 19.7 Å². The van der Waals surface area contributed by atoms with Gasteiger partial charge in [-0.2, -0.15) is 0 Å². The van der Waals surface area contributed by atoms with Crippen LogP contribution < -0.4 is 10.1 Å². The third kappa shape index (κ3) is 3.55. The minimum absolute atomic E-state index is 0.0253. The summed E-state index contributed by atoms with van der Waals surface area (Å²) in [5, 5.41) is 9.29. The minimum Gasteiger partial charge on any atom is -0.479 e. The number of hydrogen-bond donors (Lipinski definition) is 1. The lowest BCUT2D eigenvalue weighted by Crippen LogP contribution is -2.13. The number of rotatable bonds is 5. The van der Waals surface area contributed by atoms with Gasteiger partial charge in [0.05, 0.1) is 27.7 Å². The van der Waals surface area contributed by atoms with Crippen LogP contribution in [0.2, 0.25) is 0 Å². The largest absolute Gasteiger partial charge is 0.479 e. The number of carbonyl (C=O) groups is 1. The van der Waals surface area contributed by atoms with Crippen molar-refractivity contribution in [2.24, 2.45) is 7.05 Å². The van der Waals surface area contributed by atoms with E-state index in [0.29, 0.717) is 18.7 Å². The maximum Gasteiger partial charge on any atom is 0.242 e. The quantitative estimate of drug-likeness (QED) is 0.537. The van der Waals surface area contributed by atoms with Gasteiger partial charge in [0, 0.05) is 24.8 Å². The molecule has 7 nitrogen and oxygen atoms in total. The lowest BCUT2D eigenvalue weighted by atomic mass is 10.00. The monoisotopic (exact) mass is 409 g/mol. The highest BCUT2D eigenvalue weighted by molar-refractivity contribution is 7.18. The smallest absolute Gasteiger partial charge is 0.242 e. The molecule has 4 aromatic rings. The van der Waals surface area contributed by atoms with Crippen molar-refractivity contribution in [2.45, 2.75) is 33.6 Å². The van der Waals surface area contributed by atoms with Crippen LogP contribution >= 0.6 is 11.3 Å². The number of hydrogen-bond acceptors (Lipinski definition) is 6. The van der Waals surface area contributed by atoms with E-state index in [4.69, 9.17) is 4.74 Å². The number of anilines is 1. The van der Waals surface area contributed by atoms with Crippen molar-refractivity contribution in [1.29, 1.82) is 0 Å². The van der Waals surface area contributed by atoms with E-state index in [0.717, 1.165) is 48.8 Å². The van der Waals surface area contributed by atoms with Crippen LogP contribution in [0.25, 0.3) is 21.3 Å². The third-order valence-corrected chi connectivity index (χ3v) is 6.03. The molecule has 1 N–H and O–H groups in total. The maximum absolute atomic E-state index is 12.6. The predicted molar refractivity (Wildman–Crippen MR) is 116 cm³/mol. The molecule has 0 aliphatic heterocycles. The molecule has 8 heteroatoms. The molecule has 0 radical (unpaired) electrons. The first-order chi connectivity index (χ1) is 13.9. The lowest BCUT2D eigenvalue weighted by Gasteiger charge is -2.11. The fraction of sp³-hybridized carbons (Fsp3) is 0.333. The van der Waals surface area contributed by atoms with Gasteiger partial charge in [0.15, 0.2) is 5.65 Å². The number of ether oxygens (including phenoxy) is 1. The van der Waals surface area contributed by atoms with E-state index in [9.17, 15) is 4.79 Å². The molecule has 1 amide bonds. The number of methoxy groups -OCH3 is 1. The van der Waals surface area contributed by atoms with Crippen molar-refractivity contribution in [3.8, 4) is 5.88 Å². The van der Waals surface area contributed by atoms with Gasteiger partial charge < -0.3 is 10.1 Å². The van der Waals surface area contributed by atoms with Crippen LogP contribution in [0.5, 0.6) is 5.88 Å². The van der Waals surface area contributed by atoms with Crippen molar-refractivity contribution in [3.05, 3.63) is 40.0 Å². The number of benzene rings is 1. The summed E-state index contributed by atoms with van der Waals surface area (Å²) in [6, 6.07) is 5.81. The highest BCUT2D eigenvalue weighted by Crippen LogP contribution is 2.30. The highest BCUT2D eigenvalue weighted by Gasteiger charge is 2.18. The molecule has 0 aliphatic rings. The standard InChI is InChI=1S/C21H23N5O2S/c1-11-15(12(2)22-20-19(11)21(28-5)25-26(20)4)7-9-18(27)24-14-6-8-16-17(10-14)29-13(3)23-16/h6,8,10H,7,9H2,1-5H3,(H,24,27). The van der Waals surface area contributed by atoms with Crippen molar-refractivity contribution < 1.29 is 9.53 Å². The molecule has 0 unspecified atom stereocenters. The zero-order chi connectivity index (χ0) is 20.7. The van der Waals surface area contributed by atoms with Crippen LogP contribution in [0.15, 0.2) is 18.2 Å². The molecule has 0 saturated heterocycles. The number of carbonyl (C=O) groups excluding carboxylic acids is 1. The zero-order valence-corrected chi connectivity index (χ0v) is 18.0. The summed E-state index contributed by atoms with van der Waals surface area (Å²) in [5.74, 6) is 0.536. The van der Waals surface area contributed by atoms with Gasteiger partial charge in [0.25, 0.3) is 0 Å². The number of aromatic nitrogens is 4. The second-order valence-electron chi connectivity index (χ2n) is 7.10. The summed E-state index contributed by atoms with van der Waals surface area (Å²) >= 11 is 1.62. The summed E-state index contributed by atoms with van der Waals surface area (Å²) < 4.78 is 8.21. The molecule has 0 atom stereocenters. The number of nitrogens with one attached hydrogen (secondary N) is 1. The normalized spacial score (nSPS) is 11.3. The third-order valence-electron chi connectivity index (χ3n) is 5.10. The van der Waals surface area contributed by atoms with Crippen LogP contribution in [0.3, 0.4) is 0 Å². The molecular weight excluding hydrogens is 386 g/mol. The second kappa shape index (κ2) is 7.44. The zero-order valence-electron chi connectivity index (χ0n) is 17.2. The number of aryl methyl sites for hydroxylation is 4. The van der Waals surface area contributed by atoms with Gasteiger partial charge >= 0.3 is 0 Å². The molecule has 0 spiro atoms. The summed E-state index contributed by atoms with van der Waals surface area (Å²) in [4.78, 5) is 21.7. The van der Waals surface area contributed by atoms with Gasteiger partial charge in [-0.25, -0.2) is 14.6 Å². The molecule has 29 heavy (non-hydrogen) atoms. The summed E-state index contributed by atoms with van der Waals surface area (Å²) in [6.45, 7) is 5.99. The molecule has 0 saturated carbocycles. The first-order valence-electron chi connectivity index (χ1n) is 9.41. The number of pyridine rings is 1. The first kappa shape index (κ1) is 19.3. The Bertz CT molecular complexity index is 1240. The van der Waals surface area contributed by atoms with Crippen molar-refractivity contribution in [2.75, 3.05) is 12.4 Å². The molecule has 3 aromatic heterocycles. The van der Waals surface area contributed by atoms with Crippen molar-refractivity contribution >= 4 is 44.2 Å². The molecule has 1 aromatic carbocycles. The fourth-order valence-electron chi connectivity index (χ4n) is 3.69. The molecule has 3 heterocycles. The molecule has 150 valence electrons. The molecule has 0 fully saturated rings. The Morgan fingerprint density at radius 3 is 2.79 bits per heavy atom.